The number of amides is 1. The highest BCUT2D eigenvalue weighted by molar-refractivity contribution is 7.14. The summed E-state index contributed by atoms with van der Waals surface area (Å²) in [6.07, 6.45) is 0.0387. The molecule has 8 heteroatoms. The van der Waals surface area contributed by atoms with Gasteiger partial charge >= 0.3 is 5.97 Å². The zero-order valence-corrected chi connectivity index (χ0v) is 16.3. The van der Waals surface area contributed by atoms with Crippen LogP contribution in [0.2, 0.25) is 0 Å². The molecule has 0 saturated heterocycles. The third kappa shape index (κ3) is 5.63. The lowest BCUT2D eigenvalue weighted by Gasteiger charge is -2.07. The number of ether oxygens (including phenoxy) is 2. The van der Waals surface area contributed by atoms with Crippen molar-refractivity contribution in [2.75, 3.05) is 18.5 Å². The quantitative estimate of drug-likeness (QED) is 0.577. The molecule has 0 fully saturated rings. The molecule has 6 nitrogen and oxygen atoms in total. The fourth-order valence-corrected chi connectivity index (χ4v) is 3.78. The van der Waals surface area contributed by atoms with Crippen molar-refractivity contribution in [2.24, 2.45) is 0 Å². The molecule has 0 atom stereocenters. The zero-order chi connectivity index (χ0) is 19.1. The van der Waals surface area contributed by atoms with Gasteiger partial charge in [0.1, 0.15) is 10.8 Å². The minimum atomic E-state index is -0.487. The Morgan fingerprint density at radius 2 is 1.96 bits per heavy atom. The number of benzene rings is 1. The van der Waals surface area contributed by atoms with Gasteiger partial charge in [-0.05, 0) is 42.6 Å². The maximum absolute atomic E-state index is 11.9. The van der Waals surface area contributed by atoms with Crippen molar-refractivity contribution >= 4 is 40.2 Å². The number of carbonyl (C=O) groups is 2. The molecule has 3 aromatic rings. The Labute approximate surface area is 164 Å². The second-order valence-electron chi connectivity index (χ2n) is 5.50. The van der Waals surface area contributed by atoms with E-state index in [0.717, 1.165) is 16.3 Å². The van der Waals surface area contributed by atoms with E-state index in [4.69, 9.17) is 9.47 Å². The number of anilines is 1. The van der Waals surface area contributed by atoms with E-state index in [1.165, 1.54) is 11.3 Å². The SMILES string of the molecule is CCOc1ccc(NC(=O)COC(=O)Cc2csc(-c3ccsc3)n2)cc1. The standard InChI is InChI=1S/C19H18N2O4S2/c1-2-24-16-5-3-14(4-6-16)20-17(22)10-25-18(23)9-15-12-27-19(21-15)13-7-8-26-11-13/h3-8,11-12H,2,9-10H2,1H3,(H,20,22). The van der Waals surface area contributed by atoms with Crippen molar-refractivity contribution in [1.82, 2.24) is 4.98 Å². The average Bonchev–Trinajstić information content (AvgIpc) is 3.33. The van der Waals surface area contributed by atoms with Crippen molar-refractivity contribution in [1.29, 1.82) is 0 Å². The molecule has 2 heterocycles. The molecule has 0 aliphatic heterocycles. The van der Waals surface area contributed by atoms with Crippen molar-refractivity contribution < 1.29 is 19.1 Å². The fourth-order valence-electron chi connectivity index (χ4n) is 2.25. The number of hydrogen-bond donors (Lipinski definition) is 1. The Balaban J connectivity index is 1.44. The summed E-state index contributed by atoms with van der Waals surface area (Å²) in [6, 6.07) is 8.96. The van der Waals surface area contributed by atoms with E-state index in [9.17, 15) is 9.59 Å². The van der Waals surface area contributed by atoms with E-state index in [0.29, 0.717) is 18.0 Å². The van der Waals surface area contributed by atoms with Gasteiger partial charge in [-0.15, -0.1) is 11.3 Å². The number of thiazole rings is 1. The highest BCUT2D eigenvalue weighted by atomic mass is 32.1. The summed E-state index contributed by atoms with van der Waals surface area (Å²) in [5.41, 5.74) is 2.29. The van der Waals surface area contributed by atoms with Gasteiger partial charge in [-0.25, -0.2) is 4.98 Å². The molecule has 3 rings (SSSR count). The van der Waals surface area contributed by atoms with Crippen LogP contribution in [0.1, 0.15) is 12.6 Å². The van der Waals surface area contributed by atoms with Crippen molar-refractivity contribution in [3.63, 3.8) is 0 Å². The number of nitrogens with one attached hydrogen (secondary N) is 1. The highest BCUT2D eigenvalue weighted by Crippen LogP contribution is 2.25. The topological polar surface area (TPSA) is 77.5 Å². The second-order valence-corrected chi connectivity index (χ2v) is 7.14. The highest BCUT2D eigenvalue weighted by Gasteiger charge is 2.12. The smallest absolute Gasteiger partial charge is 0.312 e. The van der Waals surface area contributed by atoms with Crippen LogP contribution in [-0.2, 0) is 20.7 Å². The molecule has 2 aromatic heterocycles. The van der Waals surface area contributed by atoms with Crippen molar-refractivity contribution in [3.05, 3.63) is 52.2 Å². The summed E-state index contributed by atoms with van der Waals surface area (Å²) in [5, 5.41) is 9.35. The van der Waals surface area contributed by atoms with E-state index in [-0.39, 0.29) is 13.0 Å². The summed E-state index contributed by atoms with van der Waals surface area (Å²) in [6.45, 7) is 2.14. The zero-order valence-electron chi connectivity index (χ0n) is 14.6. The first-order valence-corrected chi connectivity index (χ1v) is 10.1. The van der Waals surface area contributed by atoms with Crippen LogP contribution in [-0.4, -0.2) is 30.1 Å². The third-order valence-electron chi connectivity index (χ3n) is 3.46. The Bertz CT molecular complexity index is 889. The number of nitrogens with zero attached hydrogens (tertiary/aromatic N) is 1. The van der Waals surface area contributed by atoms with Gasteiger partial charge in [0.15, 0.2) is 6.61 Å². The molecule has 0 spiro atoms. The lowest BCUT2D eigenvalue weighted by atomic mass is 10.3. The number of aromatic nitrogens is 1. The molecule has 0 aliphatic rings. The van der Waals surface area contributed by atoms with Gasteiger partial charge in [0.2, 0.25) is 0 Å². The van der Waals surface area contributed by atoms with Gasteiger partial charge in [0.05, 0.1) is 18.7 Å². The molecule has 0 aliphatic carbocycles. The van der Waals surface area contributed by atoms with Gasteiger partial charge in [0, 0.05) is 22.0 Å². The summed E-state index contributed by atoms with van der Waals surface area (Å²) in [5.74, 6) is -0.157. The maximum atomic E-state index is 11.9. The van der Waals surface area contributed by atoms with Crippen LogP contribution in [0.25, 0.3) is 10.6 Å². The minimum absolute atomic E-state index is 0.0387. The van der Waals surface area contributed by atoms with Crippen LogP contribution in [0.4, 0.5) is 5.69 Å². The molecule has 0 saturated carbocycles. The van der Waals surface area contributed by atoms with Crippen molar-refractivity contribution in [2.45, 2.75) is 13.3 Å². The molecule has 0 radical (unpaired) electrons. The number of rotatable bonds is 8. The lowest BCUT2D eigenvalue weighted by molar-refractivity contribution is -0.146. The predicted molar refractivity (Wildman–Crippen MR) is 106 cm³/mol. The first-order chi connectivity index (χ1) is 13.1. The average molecular weight is 402 g/mol. The monoisotopic (exact) mass is 402 g/mol. The summed E-state index contributed by atoms with van der Waals surface area (Å²) < 4.78 is 10.4. The van der Waals surface area contributed by atoms with Crippen LogP contribution in [0, 0.1) is 0 Å². The molecule has 27 heavy (non-hydrogen) atoms. The first-order valence-electron chi connectivity index (χ1n) is 8.29. The lowest BCUT2D eigenvalue weighted by Crippen LogP contribution is -2.21. The van der Waals surface area contributed by atoms with Gasteiger partial charge < -0.3 is 14.8 Å². The van der Waals surface area contributed by atoms with Gasteiger partial charge in [-0.2, -0.15) is 11.3 Å². The molecule has 0 bridgehead atoms. The summed E-state index contributed by atoms with van der Waals surface area (Å²) in [4.78, 5) is 28.3. The Hall–Kier alpha value is -2.71. The number of carbonyl (C=O) groups excluding carboxylic acids is 2. The van der Waals surface area contributed by atoms with E-state index in [1.807, 2.05) is 29.1 Å². The molecular formula is C19H18N2O4S2. The minimum Gasteiger partial charge on any atom is -0.494 e. The summed E-state index contributed by atoms with van der Waals surface area (Å²) in [7, 11) is 0. The largest absolute Gasteiger partial charge is 0.494 e. The molecule has 140 valence electrons. The molecule has 1 amide bonds. The van der Waals surface area contributed by atoms with E-state index >= 15 is 0 Å². The fraction of sp³-hybridized carbons (Fsp3) is 0.211. The molecular weight excluding hydrogens is 384 g/mol. The van der Waals surface area contributed by atoms with Crippen LogP contribution >= 0.6 is 22.7 Å². The van der Waals surface area contributed by atoms with E-state index < -0.39 is 11.9 Å². The van der Waals surface area contributed by atoms with E-state index in [2.05, 4.69) is 10.3 Å². The third-order valence-corrected chi connectivity index (χ3v) is 5.08. The van der Waals surface area contributed by atoms with Crippen LogP contribution in [0.15, 0.2) is 46.5 Å². The van der Waals surface area contributed by atoms with Crippen molar-refractivity contribution in [3.8, 4) is 16.3 Å². The number of hydrogen-bond acceptors (Lipinski definition) is 7. The normalized spacial score (nSPS) is 10.4. The van der Waals surface area contributed by atoms with Gasteiger partial charge in [-0.1, -0.05) is 0 Å². The van der Waals surface area contributed by atoms with Crippen LogP contribution in [0.3, 0.4) is 0 Å². The molecule has 0 unspecified atom stereocenters. The second kappa shape index (κ2) is 9.29. The number of esters is 1. The van der Waals surface area contributed by atoms with Crippen LogP contribution < -0.4 is 10.1 Å². The number of thiophene rings is 1. The summed E-state index contributed by atoms with van der Waals surface area (Å²) >= 11 is 3.07. The molecule has 1 N–H and O–H groups in total. The first kappa shape index (κ1) is 19.1. The van der Waals surface area contributed by atoms with Gasteiger partial charge in [-0.3, -0.25) is 9.59 Å². The Morgan fingerprint density at radius 1 is 1.15 bits per heavy atom. The Kier molecular flexibility index (Phi) is 6.56. The predicted octanol–water partition coefficient (Wildman–Crippen LogP) is 3.99. The van der Waals surface area contributed by atoms with Gasteiger partial charge in [0.25, 0.3) is 5.91 Å². The molecule has 1 aromatic carbocycles. The van der Waals surface area contributed by atoms with Crippen LogP contribution in [0.5, 0.6) is 5.75 Å². The maximum Gasteiger partial charge on any atom is 0.312 e. The Morgan fingerprint density at radius 3 is 2.67 bits per heavy atom. The van der Waals surface area contributed by atoms with E-state index in [1.54, 1.807) is 35.6 Å².